The van der Waals surface area contributed by atoms with Crippen molar-refractivity contribution in [3.05, 3.63) is 64.7 Å². The first-order valence-corrected chi connectivity index (χ1v) is 12.7. The fourth-order valence-electron chi connectivity index (χ4n) is 4.26. The molecule has 1 aliphatic heterocycles. The number of carbonyl (C=O) groups is 1. The molecule has 11 heteroatoms. The van der Waals surface area contributed by atoms with Crippen molar-refractivity contribution in [2.45, 2.75) is 24.7 Å². The van der Waals surface area contributed by atoms with Crippen LogP contribution < -0.4 is 9.21 Å². The monoisotopic (exact) mass is 498 g/mol. The van der Waals surface area contributed by atoms with E-state index in [0.29, 0.717) is 37.9 Å². The Hall–Kier alpha value is -3.73. The summed E-state index contributed by atoms with van der Waals surface area (Å²) in [5, 5.41) is 13.1. The number of aromatic nitrogens is 1. The van der Waals surface area contributed by atoms with Gasteiger partial charge in [0.25, 0.3) is 10.0 Å². The van der Waals surface area contributed by atoms with E-state index in [1.165, 1.54) is 25.2 Å². The second kappa shape index (κ2) is 9.87. The molecule has 4 rings (SSSR count). The van der Waals surface area contributed by atoms with Crippen LogP contribution in [0, 0.1) is 16.0 Å². The highest BCUT2D eigenvalue weighted by molar-refractivity contribution is 7.93. The molecule has 10 nitrogen and oxygen atoms in total. The molecule has 0 atom stereocenters. The minimum atomic E-state index is -4.00. The van der Waals surface area contributed by atoms with Gasteiger partial charge in [-0.15, -0.1) is 0 Å². The van der Waals surface area contributed by atoms with Gasteiger partial charge in [-0.25, -0.2) is 13.4 Å². The van der Waals surface area contributed by atoms with Gasteiger partial charge in [-0.2, -0.15) is 0 Å². The van der Waals surface area contributed by atoms with E-state index in [4.69, 9.17) is 4.74 Å². The minimum Gasteiger partial charge on any atom is -0.466 e. The fraction of sp³-hybridized carbons (Fsp3) is 0.333. The van der Waals surface area contributed by atoms with E-state index in [-0.39, 0.29) is 34.1 Å². The zero-order chi connectivity index (χ0) is 25.2. The van der Waals surface area contributed by atoms with Crippen molar-refractivity contribution in [2.75, 3.05) is 35.9 Å². The van der Waals surface area contributed by atoms with Crippen LogP contribution in [-0.2, 0) is 19.6 Å². The lowest BCUT2D eigenvalue weighted by atomic mass is 9.97. The quantitative estimate of drug-likeness (QED) is 0.274. The standard InChI is InChI=1S/C24H26N4O6S/c1-3-34-24(29)18-13-15-27(16-14-18)23-20(28(30)31)11-12-22(25-23)26(2)35(32,33)21-10-6-8-17-7-4-5-9-19(17)21/h4-12,18H,3,13-16H2,1-2H3. The van der Waals surface area contributed by atoms with Crippen LogP contribution in [0.4, 0.5) is 17.3 Å². The molecule has 0 spiro atoms. The van der Waals surface area contributed by atoms with Gasteiger partial charge in [0.1, 0.15) is 5.82 Å². The van der Waals surface area contributed by atoms with E-state index in [2.05, 4.69) is 4.98 Å². The first kappa shape index (κ1) is 24.4. The first-order valence-electron chi connectivity index (χ1n) is 11.3. The highest BCUT2D eigenvalue weighted by atomic mass is 32.2. The number of hydrogen-bond donors (Lipinski definition) is 0. The van der Waals surface area contributed by atoms with Gasteiger partial charge < -0.3 is 9.64 Å². The molecule has 1 aliphatic rings. The zero-order valence-electron chi connectivity index (χ0n) is 19.5. The van der Waals surface area contributed by atoms with Crippen molar-refractivity contribution in [2.24, 2.45) is 5.92 Å². The zero-order valence-corrected chi connectivity index (χ0v) is 20.3. The van der Waals surface area contributed by atoms with E-state index in [9.17, 15) is 23.3 Å². The summed E-state index contributed by atoms with van der Waals surface area (Å²) < 4.78 is 33.2. The number of pyridine rings is 1. The van der Waals surface area contributed by atoms with Crippen molar-refractivity contribution < 1.29 is 22.9 Å². The molecule has 184 valence electrons. The van der Waals surface area contributed by atoms with Gasteiger partial charge in [0, 0.05) is 31.6 Å². The maximum absolute atomic E-state index is 13.5. The molecule has 1 fully saturated rings. The first-order chi connectivity index (χ1) is 16.7. The Labute approximate surface area is 203 Å². The molecule has 1 saturated heterocycles. The normalized spacial score (nSPS) is 14.6. The predicted molar refractivity (Wildman–Crippen MR) is 132 cm³/mol. The third kappa shape index (κ3) is 4.76. The van der Waals surface area contributed by atoms with Crippen LogP contribution in [0.2, 0.25) is 0 Å². The number of esters is 1. The third-order valence-electron chi connectivity index (χ3n) is 6.16. The predicted octanol–water partition coefficient (Wildman–Crippen LogP) is 3.75. The molecule has 1 aromatic heterocycles. The van der Waals surface area contributed by atoms with Crippen LogP contribution in [-0.4, -0.2) is 51.0 Å². The van der Waals surface area contributed by atoms with Gasteiger partial charge in [-0.1, -0.05) is 36.4 Å². The van der Waals surface area contributed by atoms with Gasteiger partial charge in [-0.05, 0) is 37.3 Å². The Bertz CT molecular complexity index is 1360. The summed E-state index contributed by atoms with van der Waals surface area (Å²) in [6, 6.07) is 14.8. The summed E-state index contributed by atoms with van der Waals surface area (Å²) in [6.07, 6.45) is 0.929. The summed E-state index contributed by atoms with van der Waals surface area (Å²) in [6.45, 7) is 2.77. The molecule has 2 aromatic carbocycles. The SMILES string of the molecule is CCOC(=O)C1CCN(c2nc(N(C)S(=O)(=O)c3cccc4ccccc34)ccc2[N+](=O)[O-])CC1. The van der Waals surface area contributed by atoms with Crippen molar-refractivity contribution in [3.8, 4) is 0 Å². The summed E-state index contributed by atoms with van der Waals surface area (Å²) >= 11 is 0. The number of benzene rings is 2. The van der Waals surface area contributed by atoms with Gasteiger partial charge in [0.2, 0.25) is 5.82 Å². The Morgan fingerprint density at radius 1 is 1.14 bits per heavy atom. The molecule has 0 aliphatic carbocycles. The van der Waals surface area contributed by atoms with Crippen molar-refractivity contribution in [1.82, 2.24) is 4.98 Å². The number of anilines is 2. The molecule has 0 unspecified atom stereocenters. The Morgan fingerprint density at radius 2 is 1.83 bits per heavy atom. The highest BCUT2D eigenvalue weighted by Gasteiger charge is 2.32. The summed E-state index contributed by atoms with van der Waals surface area (Å²) in [5.41, 5.74) is -0.223. The Kier molecular flexibility index (Phi) is 6.88. The number of rotatable bonds is 7. The van der Waals surface area contributed by atoms with E-state index in [1.54, 1.807) is 30.0 Å². The van der Waals surface area contributed by atoms with Gasteiger partial charge in [0.15, 0.2) is 0 Å². The number of sulfonamides is 1. The summed E-state index contributed by atoms with van der Waals surface area (Å²) in [7, 11) is -2.63. The lowest BCUT2D eigenvalue weighted by Crippen LogP contribution is -2.38. The Morgan fingerprint density at radius 3 is 2.51 bits per heavy atom. The maximum atomic E-state index is 13.5. The molecular formula is C24H26N4O6S. The second-order valence-electron chi connectivity index (χ2n) is 8.23. The van der Waals surface area contributed by atoms with Crippen LogP contribution in [0.3, 0.4) is 0 Å². The average Bonchev–Trinajstić information content (AvgIpc) is 2.87. The van der Waals surface area contributed by atoms with Crippen LogP contribution in [0.25, 0.3) is 10.8 Å². The van der Waals surface area contributed by atoms with Crippen molar-refractivity contribution >= 4 is 44.1 Å². The Balaban J connectivity index is 1.67. The average molecular weight is 499 g/mol. The molecule has 0 N–H and O–H groups in total. The van der Waals surface area contributed by atoms with Crippen LogP contribution in [0.5, 0.6) is 0 Å². The molecule has 3 aromatic rings. The maximum Gasteiger partial charge on any atom is 0.311 e. The number of nitrogens with zero attached hydrogens (tertiary/aromatic N) is 4. The smallest absolute Gasteiger partial charge is 0.311 e. The lowest BCUT2D eigenvalue weighted by molar-refractivity contribution is -0.384. The minimum absolute atomic E-state index is 0.0612. The third-order valence-corrected chi connectivity index (χ3v) is 7.98. The van der Waals surface area contributed by atoms with Gasteiger partial charge >= 0.3 is 11.7 Å². The van der Waals surface area contributed by atoms with Crippen LogP contribution in [0.1, 0.15) is 19.8 Å². The molecule has 0 saturated carbocycles. The number of carbonyl (C=O) groups excluding carboxylic acids is 1. The molecule has 0 bridgehead atoms. The van der Waals surface area contributed by atoms with Gasteiger partial charge in [0.05, 0.1) is 22.3 Å². The van der Waals surface area contributed by atoms with E-state index < -0.39 is 14.9 Å². The highest BCUT2D eigenvalue weighted by Crippen LogP contribution is 2.34. The van der Waals surface area contributed by atoms with Crippen molar-refractivity contribution in [3.63, 3.8) is 0 Å². The molecule has 0 radical (unpaired) electrons. The fourth-order valence-corrected chi connectivity index (χ4v) is 5.62. The molecule has 2 heterocycles. The number of nitro groups is 1. The molecule has 35 heavy (non-hydrogen) atoms. The number of fused-ring (bicyclic) bond motifs is 1. The van der Waals surface area contributed by atoms with Crippen LogP contribution >= 0.6 is 0 Å². The number of ether oxygens (including phenoxy) is 1. The van der Waals surface area contributed by atoms with E-state index in [1.807, 2.05) is 18.2 Å². The lowest BCUT2D eigenvalue weighted by Gasteiger charge is -2.32. The summed E-state index contributed by atoms with van der Waals surface area (Å²) in [5.74, 6) is -0.409. The van der Waals surface area contributed by atoms with Crippen molar-refractivity contribution in [1.29, 1.82) is 0 Å². The molecular weight excluding hydrogens is 472 g/mol. The van der Waals surface area contributed by atoms with Gasteiger partial charge in [-0.3, -0.25) is 19.2 Å². The molecule has 0 amide bonds. The van der Waals surface area contributed by atoms with E-state index >= 15 is 0 Å². The second-order valence-corrected chi connectivity index (χ2v) is 10.2. The topological polar surface area (TPSA) is 123 Å². The van der Waals surface area contributed by atoms with E-state index in [0.717, 1.165) is 9.69 Å². The number of piperidine rings is 1. The number of hydrogen-bond acceptors (Lipinski definition) is 8. The largest absolute Gasteiger partial charge is 0.466 e. The van der Waals surface area contributed by atoms with Crippen LogP contribution in [0.15, 0.2) is 59.5 Å². The summed E-state index contributed by atoms with van der Waals surface area (Å²) in [4.78, 5) is 29.5.